The lowest BCUT2D eigenvalue weighted by Gasteiger charge is -2.46. The van der Waals surface area contributed by atoms with Crippen LogP contribution in [0.4, 0.5) is 0 Å². The summed E-state index contributed by atoms with van der Waals surface area (Å²) in [6.45, 7) is 0.888. The summed E-state index contributed by atoms with van der Waals surface area (Å²) in [7, 11) is 0. The number of β-amino-alcohol motifs (C(OH)–C–C–N with tert-alkyl or cyclic N) is 1. The van der Waals surface area contributed by atoms with Crippen LogP contribution in [-0.4, -0.2) is 49.1 Å². The number of nitrogens with zero attached hydrogens (tertiary/aromatic N) is 4. The van der Waals surface area contributed by atoms with Crippen LogP contribution in [0, 0.1) is 5.92 Å². The minimum Gasteiger partial charge on any atom is -0.386 e. The Bertz CT molecular complexity index is 655. The van der Waals surface area contributed by atoms with Gasteiger partial charge < -0.3 is 10.0 Å². The quantitative estimate of drug-likeness (QED) is 0.907. The second-order valence-corrected chi connectivity index (χ2v) is 5.91. The molecular weight excluding hydrogens is 268 g/mol. The number of aromatic nitrogens is 3. The van der Waals surface area contributed by atoms with E-state index >= 15 is 0 Å². The van der Waals surface area contributed by atoms with Crippen molar-refractivity contribution >= 4 is 5.91 Å². The van der Waals surface area contributed by atoms with Crippen molar-refractivity contribution in [3.8, 4) is 5.82 Å². The van der Waals surface area contributed by atoms with E-state index in [1.165, 1.54) is 0 Å². The lowest BCUT2D eigenvalue weighted by Crippen LogP contribution is -2.64. The van der Waals surface area contributed by atoms with E-state index in [0.717, 1.165) is 18.7 Å². The zero-order valence-corrected chi connectivity index (χ0v) is 11.5. The number of carbonyl (C=O) groups excluding carboxylic acids is 1. The van der Waals surface area contributed by atoms with Crippen LogP contribution in [-0.2, 0) is 0 Å². The van der Waals surface area contributed by atoms with Crippen molar-refractivity contribution in [3.05, 3.63) is 42.6 Å². The van der Waals surface area contributed by atoms with Gasteiger partial charge in [-0.1, -0.05) is 0 Å². The number of amides is 1. The molecule has 0 spiro atoms. The third-order valence-electron chi connectivity index (χ3n) is 4.32. The highest BCUT2D eigenvalue weighted by Crippen LogP contribution is 2.44. The molecule has 0 unspecified atom stereocenters. The zero-order chi connectivity index (χ0) is 14.4. The lowest BCUT2D eigenvalue weighted by atomic mass is 9.88. The first-order valence-electron chi connectivity index (χ1n) is 7.12. The van der Waals surface area contributed by atoms with Crippen LogP contribution in [0.2, 0.25) is 0 Å². The first kappa shape index (κ1) is 12.5. The number of imidazole rings is 1. The fourth-order valence-corrected chi connectivity index (χ4v) is 2.88. The summed E-state index contributed by atoms with van der Waals surface area (Å²) in [5.74, 6) is 1.05. The second kappa shape index (κ2) is 4.39. The molecule has 1 aliphatic carbocycles. The van der Waals surface area contributed by atoms with Gasteiger partial charge in [-0.3, -0.25) is 9.36 Å². The van der Waals surface area contributed by atoms with Gasteiger partial charge in [0.25, 0.3) is 5.91 Å². The molecule has 108 valence electrons. The molecule has 6 heteroatoms. The monoisotopic (exact) mass is 284 g/mol. The largest absolute Gasteiger partial charge is 0.386 e. The average Bonchev–Trinajstić information content (AvgIpc) is 3.19. The predicted octanol–water partition coefficient (Wildman–Crippen LogP) is 0.864. The Morgan fingerprint density at radius 3 is 2.71 bits per heavy atom. The average molecular weight is 284 g/mol. The summed E-state index contributed by atoms with van der Waals surface area (Å²) >= 11 is 0. The van der Waals surface area contributed by atoms with Gasteiger partial charge in [0.2, 0.25) is 0 Å². The van der Waals surface area contributed by atoms with E-state index in [1.54, 1.807) is 46.5 Å². The molecule has 1 N–H and O–H groups in total. The van der Waals surface area contributed by atoms with Crippen molar-refractivity contribution < 1.29 is 9.90 Å². The Morgan fingerprint density at radius 1 is 1.33 bits per heavy atom. The highest BCUT2D eigenvalue weighted by molar-refractivity contribution is 5.94. The Balaban J connectivity index is 1.46. The van der Waals surface area contributed by atoms with Gasteiger partial charge in [-0.15, -0.1) is 0 Å². The van der Waals surface area contributed by atoms with Crippen LogP contribution >= 0.6 is 0 Å². The minimum absolute atomic E-state index is 0.0648. The van der Waals surface area contributed by atoms with E-state index in [1.807, 2.05) is 0 Å². The van der Waals surface area contributed by atoms with Crippen molar-refractivity contribution in [2.75, 3.05) is 13.1 Å². The van der Waals surface area contributed by atoms with Crippen molar-refractivity contribution in [3.63, 3.8) is 0 Å². The summed E-state index contributed by atoms with van der Waals surface area (Å²) < 4.78 is 1.78. The summed E-state index contributed by atoms with van der Waals surface area (Å²) in [4.78, 5) is 22.2. The Hall–Kier alpha value is -2.21. The van der Waals surface area contributed by atoms with E-state index in [2.05, 4.69) is 9.97 Å². The van der Waals surface area contributed by atoms with Gasteiger partial charge in [0, 0.05) is 18.6 Å². The maximum Gasteiger partial charge on any atom is 0.255 e. The third-order valence-corrected chi connectivity index (χ3v) is 4.32. The maximum absolute atomic E-state index is 12.3. The molecule has 3 heterocycles. The molecule has 4 rings (SSSR count). The summed E-state index contributed by atoms with van der Waals surface area (Å²) in [6, 6.07) is 3.56. The topological polar surface area (TPSA) is 71.2 Å². The van der Waals surface area contributed by atoms with Crippen molar-refractivity contribution in [1.82, 2.24) is 19.4 Å². The molecule has 2 aromatic rings. The number of carbonyl (C=O) groups is 1. The van der Waals surface area contributed by atoms with Gasteiger partial charge in [0.1, 0.15) is 17.7 Å². The summed E-state index contributed by atoms with van der Waals surface area (Å²) in [6.07, 6.45) is 8.88. The molecule has 1 saturated carbocycles. The van der Waals surface area contributed by atoms with Crippen molar-refractivity contribution in [2.45, 2.75) is 18.4 Å². The SMILES string of the molecule is O=C(c1ccc(-n2ccnc2)nc1)N1CC(O)(C2CC2)C1. The second-order valence-electron chi connectivity index (χ2n) is 5.91. The van der Waals surface area contributed by atoms with Gasteiger partial charge in [0.05, 0.1) is 18.7 Å². The molecule has 6 nitrogen and oxygen atoms in total. The van der Waals surface area contributed by atoms with E-state index in [0.29, 0.717) is 24.6 Å². The third kappa shape index (κ3) is 2.12. The van der Waals surface area contributed by atoms with Crippen LogP contribution in [0.1, 0.15) is 23.2 Å². The fraction of sp³-hybridized carbons (Fsp3) is 0.400. The number of likely N-dealkylation sites (tertiary alicyclic amines) is 1. The van der Waals surface area contributed by atoms with Crippen molar-refractivity contribution in [2.24, 2.45) is 5.92 Å². The van der Waals surface area contributed by atoms with Crippen LogP contribution in [0.5, 0.6) is 0 Å². The summed E-state index contributed by atoms with van der Waals surface area (Å²) in [5.41, 5.74) is -0.0865. The lowest BCUT2D eigenvalue weighted by molar-refractivity contribution is -0.0958. The fourth-order valence-electron chi connectivity index (χ4n) is 2.88. The molecule has 1 amide bonds. The minimum atomic E-state index is -0.639. The smallest absolute Gasteiger partial charge is 0.255 e. The van der Waals surface area contributed by atoms with Gasteiger partial charge in [-0.05, 0) is 30.9 Å². The number of pyridine rings is 1. The first-order valence-corrected chi connectivity index (χ1v) is 7.12. The molecular formula is C15H16N4O2. The van der Waals surface area contributed by atoms with Crippen LogP contribution in [0.15, 0.2) is 37.1 Å². The molecule has 2 fully saturated rings. The van der Waals surface area contributed by atoms with Crippen molar-refractivity contribution in [1.29, 1.82) is 0 Å². The Labute approximate surface area is 122 Å². The summed E-state index contributed by atoms with van der Waals surface area (Å²) in [5, 5.41) is 10.3. The molecule has 2 aromatic heterocycles. The van der Waals surface area contributed by atoms with Gasteiger partial charge >= 0.3 is 0 Å². The Morgan fingerprint density at radius 2 is 2.14 bits per heavy atom. The highest BCUT2D eigenvalue weighted by Gasteiger charge is 2.53. The van der Waals surface area contributed by atoms with Crippen LogP contribution in [0.3, 0.4) is 0 Å². The van der Waals surface area contributed by atoms with Gasteiger partial charge in [-0.2, -0.15) is 0 Å². The molecule has 0 aromatic carbocycles. The van der Waals surface area contributed by atoms with E-state index in [9.17, 15) is 9.90 Å². The number of rotatable bonds is 3. The van der Waals surface area contributed by atoms with E-state index in [-0.39, 0.29) is 5.91 Å². The van der Waals surface area contributed by atoms with Gasteiger partial charge in [0.15, 0.2) is 0 Å². The number of hydrogen-bond donors (Lipinski definition) is 1. The normalized spacial score (nSPS) is 20.1. The standard InChI is InChI=1S/C15H16N4O2/c20-14(19-8-15(21,9-19)12-2-3-12)11-1-4-13(17-7-11)18-6-5-16-10-18/h1,4-7,10,12,21H,2-3,8-9H2. The van der Waals surface area contributed by atoms with E-state index in [4.69, 9.17) is 0 Å². The first-order chi connectivity index (χ1) is 10.2. The highest BCUT2D eigenvalue weighted by atomic mass is 16.3. The van der Waals surface area contributed by atoms with Gasteiger partial charge in [-0.25, -0.2) is 9.97 Å². The Kier molecular flexibility index (Phi) is 2.62. The van der Waals surface area contributed by atoms with Crippen LogP contribution in [0.25, 0.3) is 5.82 Å². The molecule has 0 atom stereocenters. The molecule has 2 aliphatic rings. The predicted molar refractivity (Wildman–Crippen MR) is 74.9 cm³/mol. The molecule has 1 aliphatic heterocycles. The molecule has 0 radical (unpaired) electrons. The van der Waals surface area contributed by atoms with E-state index < -0.39 is 5.60 Å². The van der Waals surface area contributed by atoms with Crippen LogP contribution < -0.4 is 0 Å². The molecule has 21 heavy (non-hydrogen) atoms. The molecule has 1 saturated heterocycles. The number of aliphatic hydroxyl groups is 1. The zero-order valence-electron chi connectivity index (χ0n) is 11.5. The maximum atomic E-state index is 12.3. The molecule has 0 bridgehead atoms. The number of hydrogen-bond acceptors (Lipinski definition) is 4.